The van der Waals surface area contributed by atoms with E-state index in [1.54, 1.807) is 6.07 Å². The second-order valence-electron chi connectivity index (χ2n) is 4.41. The number of aryl methyl sites for hydroxylation is 1. The number of carbonyl (C=O) groups is 1. The first-order chi connectivity index (χ1) is 9.20. The molecule has 0 aromatic heterocycles. The number of hydrogen-bond acceptors (Lipinski definition) is 5. The van der Waals surface area contributed by atoms with Gasteiger partial charge in [-0.2, -0.15) is 12.6 Å². The number of benzene rings is 1. The van der Waals surface area contributed by atoms with Gasteiger partial charge in [0.15, 0.2) is 6.29 Å². The van der Waals surface area contributed by atoms with Crippen LogP contribution in [0.3, 0.4) is 0 Å². The van der Waals surface area contributed by atoms with Crippen LogP contribution in [-0.2, 0) is 20.6 Å². The number of ether oxygens (including phenoxy) is 3. The standard InChI is InChI=1S/C14H18O4S/c1-16-13(15)11-4-2-3-10(9-11)5-6-12(19)14-17-7-8-18-14/h2-4,9,12,14,19H,5-8H2,1H3/t12-/m1/s1. The van der Waals surface area contributed by atoms with E-state index in [0.717, 1.165) is 18.4 Å². The molecule has 1 fully saturated rings. The van der Waals surface area contributed by atoms with Crippen molar-refractivity contribution in [1.29, 1.82) is 0 Å². The zero-order valence-electron chi connectivity index (χ0n) is 10.9. The molecule has 1 atom stereocenters. The van der Waals surface area contributed by atoms with Gasteiger partial charge >= 0.3 is 5.97 Å². The highest BCUT2D eigenvalue weighted by molar-refractivity contribution is 7.81. The van der Waals surface area contributed by atoms with E-state index in [-0.39, 0.29) is 17.5 Å². The van der Waals surface area contributed by atoms with E-state index < -0.39 is 0 Å². The van der Waals surface area contributed by atoms with Crippen LogP contribution in [0.15, 0.2) is 24.3 Å². The molecule has 0 radical (unpaired) electrons. The van der Waals surface area contributed by atoms with Gasteiger partial charge in [-0.15, -0.1) is 0 Å². The molecule has 19 heavy (non-hydrogen) atoms. The number of carbonyl (C=O) groups excluding carboxylic acids is 1. The summed E-state index contributed by atoms with van der Waals surface area (Å²) in [7, 11) is 1.38. The lowest BCUT2D eigenvalue weighted by Gasteiger charge is -2.16. The summed E-state index contributed by atoms with van der Waals surface area (Å²) in [6.45, 7) is 1.28. The zero-order chi connectivity index (χ0) is 13.7. The fraction of sp³-hybridized carbons (Fsp3) is 0.500. The van der Waals surface area contributed by atoms with Crippen molar-refractivity contribution in [2.45, 2.75) is 24.4 Å². The lowest BCUT2D eigenvalue weighted by Crippen LogP contribution is -2.22. The summed E-state index contributed by atoms with van der Waals surface area (Å²) in [6.07, 6.45) is 1.44. The molecule has 1 aromatic rings. The van der Waals surface area contributed by atoms with Gasteiger partial charge in [0, 0.05) is 0 Å². The van der Waals surface area contributed by atoms with Gasteiger partial charge in [-0.25, -0.2) is 4.79 Å². The average molecular weight is 282 g/mol. The molecule has 0 N–H and O–H groups in total. The second-order valence-corrected chi connectivity index (χ2v) is 5.07. The van der Waals surface area contributed by atoms with Gasteiger partial charge in [-0.05, 0) is 30.5 Å². The number of thiol groups is 1. The van der Waals surface area contributed by atoms with Gasteiger partial charge in [-0.3, -0.25) is 0 Å². The predicted octanol–water partition coefficient (Wildman–Crippen LogP) is 2.08. The molecular weight excluding hydrogens is 264 g/mol. The minimum atomic E-state index is -0.313. The molecule has 104 valence electrons. The quantitative estimate of drug-likeness (QED) is 0.663. The van der Waals surface area contributed by atoms with Crippen molar-refractivity contribution in [3.8, 4) is 0 Å². The van der Waals surface area contributed by atoms with Crippen molar-refractivity contribution in [3.05, 3.63) is 35.4 Å². The van der Waals surface area contributed by atoms with E-state index >= 15 is 0 Å². The molecule has 0 aliphatic carbocycles. The molecule has 1 aliphatic heterocycles. The number of rotatable bonds is 5. The summed E-state index contributed by atoms with van der Waals surface area (Å²) in [5.74, 6) is -0.313. The van der Waals surface area contributed by atoms with Crippen molar-refractivity contribution in [1.82, 2.24) is 0 Å². The van der Waals surface area contributed by atoms with Gasteiger partial charge in [0.1, 0.15) is 0 Å². The molecule has 0 saturated carbocycles. The van der Waals surface area contributed by atoms with E-state index in [1.807, 2.05) is 18.2 Å². The zero-order valence-corrected chi connectivity index (χ0v) is 11.8. The van der Waals surface area contributed by atoms with Gasteiger partial charge in [-0.1, -0.05) is 12.1 Å². The highest BCUT2D eigenvalue weighted by Crippen LogP contribution is 2.19. The molecule has 0 unspecified atom stereocenters. The molecule has 1 aliphatic rings. The van der Waals surface area contributed by atoms with Crippen molar-refractivity contribution in [2.75, 3.05) is 20.3 Å². The number of methoxy groups -OCH3 is 1. The molecule has 0 bridgehead atoms. The third-order valence-corrected chi connectivity index (χ3v) is 3.54. The van der Waals surface area contributed by atoms with Crippen LogP contribution >= 0.6 is 12.6 Å². The van der Waals surface area contributed by atoms with Crippen molar-refractivity contribution >= 4 is 18.6 Å². The van der Waals surface area contributed by atoms with Crippen LogP contribution in [0.2, 0.25) is 0 Å². The fourth-order valence-corrected chi connectivity index (χ4v) is 2.32. The van der Waals surface area contributed by atoms with E-state index in [1.165, 1.54) is 7.11 Å². The van der Waals surface area contributed by atoms with Crippen LogP contribution in [0.1, 0.15) is 22.3 Å². The van der Waals surface area contributed by atoms with Crippen molar-refractivity contribution in [2.24, 2.45) is 0 Å². The summed E-state index contributed by atoms with van der Waals surface area (Å²) in [5.41, 5.74) is 1.66. The first kappa shape index (κ1) is 14.4. The Kier molecular flexibility index (Phi) is 5.24. The second kappa shape index (κ2) is 6.93. The maximum atomic E-state index is 11.4. The molecule has 0 amide bonds. The van der Waals surface area contributed by atoms with Crippen molar-refractivity contribution in [3.63, 3.8) is 0 Å². The Bertz CT molecular complexity index is 429. The Morgan fingerprint density at radius 1 is 1.47 bits per heavy atom. The SMILES string of the molecule is COC(=O)c1cccc(CC[C@@H](S)C2OCCO2)c1. The molecular formula is C14H18O4S. The minimum absolute atomic E-state index is 0.0456. The number of hydrogen-bond donors (Lipinski definition) is 1. The summed E-state index contributed by atoms with van der Waals surface area (Å²) < 4.78 is 15.5. The highest BCUT2D eigenvalue weighted by atomic mass is 32.1. The van der Waals surface area contributed by atoms with E-state index in [9.17, 15) is 4.79 Å². The Morgan fingerprint density at radius 3 is 2.89 bits per heavy atom. The third kappa shape index (κ3) is 3.96. The fourth-order valence-electron chi connectivity index (χ4n) is 2.02. The van der Waals surface area contributed by atoms with Gasteiger partial charge < -0.3 is 14.2 Å². The summed E-state index contributed by atoms with van der Waals surface area (Å²) in [5, 5.41) is 0.0456. The normalized spacial score (nSPS) is 17.4. The largest absolute Gasteiger partial charge is 0.465 e. The molecule has 5 heteroatoms. The van der Waals surface area contributed by atoms with Gasteiger partial charge in [0.05, 0.1) is 31.1 Å². The Hall–Kier alpha value is -1.04. The first-order valence-electron chi connectivity index (χ1n) is 6.29. The van der Waals surface area contributed by atoms with E-state index in [4.69, 9.17) is 14.2 Å². The smallest absolute Gasteiger partial charge is 0.337 e. The van der Waals surface area contributed by atoms with Crippen LogP contribution in [0, 0.1) is 0 Å². The first-order valence-corrected chi connectivity index (χ1v) is 6.81. The molecule has 0 spiro atoms. The predicted molar refractivity (Wildman–Crippen MR) is 74.6 cm³/mol. The van der Waals surface area contributed by atoms with Gasteiger partial charge in [0.25, 0.3) is 0 Å². The van der Waals surface area contributed by atoms with Crippen LogP contribution in [0.25, 0.3) is 0 Å². The average Bonchev–Trinajstić information content (AvgIpc) is 2.98. The minimum Gasteiger partial charge on any atom is -0.465 e. The lowest BCUT2D eigenvalue weighted by molar-refractivity contribution is -0.0423. The monoisotopic (exact) mass is 282 g/mol. The summed E-state index contributed by atoms with van der Waals surface area (Å²) in [6, 6.07) is 7.44. The van der Waals surface area contributed by atoms with E-state index in [0.29, 0.717) is 18.8 Å². The maximum absolute atomic E-state index is 11.4. The van der Waals surface area contributed by atoms with E-state index in [2.05, 4.69) is 12.6 Å². The Balaban J connectivity index is 1.90. The molecule has 1 saturated heterocycles. The summed E-state index contributed by atoms with van der Waals surface area (Å²) in [4.78, 5) is 11.4. The Labute approximate surface area is 118 Å². The topological polar surface area (TPSA) is 44.8 Å². The highest BCUT2D eigenvalue weighted by Gasteiger charge is 2.23. The van der Waals surface area contributed by atoms with Crippen LogP contribution in [0.4, 0.5) is 0 Å². The lowest BCUT2D eigenvalue weighted by atomic mass is 10.0. The van der Waals surface area contributed by atoms with Gasteiger partial charge in [0.2, 0.25) is 0 Å². The molecule has 2 rings (SSSR count). The maximum Gasteiger partial charge on any atom is 0.337 e. The van der Waals surface area contributed by atoms with Crippen LogP contribution < -0.4 is 0 Å². The summed E-state index contributed by atoms with van der Waals surface area (Å²) >= 11 is 4.50. The van der Waals surface area contributed by atoms with Crippen molar-refractivity contribution < 1.29 is 19.0 Å². The molecule has 1 heterocycles. The number of esters is 1. The molecule has 1 aromatic carbocycles. The molecule has 4 nitrogen and oxygen atoms in total. The third-order valence-electron chi connectivity index (χ3n) is 3.04. The van der Waals surface area contributed by atoms with Crippen LogP contribution in [0.5, 0.6) is 0 Å². The Morgan fingerprint density at radius 2 is 2.21 bits per heavy atom. The van der Waals surface area contributed by atoms with Crippen LogP contribution in [-0.4, -0.2) is 37.8 Å².